The first-order chi connectivity index (χ1) is 7.83. The van der Waals surface area contributed by atoms with Gasteiger partial charge in [-0.2, -0.15) is 0 Å². The number of ether oxygens (including phenoxy) is 1. The summed E-state index contributed by atoms with van der Waals surface area (Å²) in [6.45, 7) is 4.25. The minimum Gasteiger partial charge on any atom is -0.493 e. The molecule has 3 heteroatoms. The standard InChI is InChI=1S/C13H18N2O/c1-15-7-10(8-15)9-16-13-4-2-3-12-11(13)5-6-14-12/h2-4,10,14H,5-9H2,1H3. The summed E-state index contributed by atoms with van der Waals surface area (Å²) in [5.41, 5.74) is 2.61. The predicted octanol–water partition coefficient (Wildman–Crippen LogP) is 1.59. The van der Waals surface area contributed by atoms with E-state index in [1.165, 1.54) is 24.3 Å². The molecule has 0 aliphatic carbocycles. The molecule has 0 aromatic heterocycles. The predicted molar refractivity (Wildman–Crippen MR) is 65.1 cm³/mol. The van der Waals surface area contributed by atoms with Crippen LogP contribution in [0.4, 0.5) is 5.69 Å². The smallest absolute Gasteiger partial charge is 0.124 e. The summed E-state index contributed by atoms with van der Waals surface area (Å²) in [6, 6.07) is 6.29. The third-order valence-electron chi connectivity index (χ3n) is 3.44. The van der Waals surface area contributed by atoms with Crippen molar-refractivity contribution < 1.29 is 4.74 Å². The Bertz CT molecular complexity index is 386. The van der Waals surface area contributed by atoms with E-state index in [1.807, 2.05) is 0 Å². The Morgan fingerprint density at radius 3 is 3.12 bits per heavy atom. The molecule has 1 N–H and O–H groups in total. The van der Waals surface area contributed by atoms with Gasteiger partial charge in [0, 0.05) is 36.8 Å². The molecule has 2 heterocycles. The van der Waals surface area contributed by atoms with E-state index in [-0.39, 0.29) is 0 Å². The van der Waals surface area contributed by atoms with Crippen molar-refractivity contribution in [2.24, 2.45) is 5.92 Å². The minimum absolute atomic E-state index is 0.718. The van der Waals surface area contributed by atoms with Gasteiger partial charge in [-0.1, -0.05) is 6.07 Å². The summed E-state index contributed by atoms with van der Waals surface area (Å²) >= 11 is 0. The van der Waals surface area contributed by atoms with Gasteiger partial charge in [-0.25, -0.2) is 0 Å². The summed E-state index contributed by atoms with van der Waals surface area (Å²) in [5, 5.41) is 3.37. The van der Waals surface area contributed by atoms with Gasteiger partial charge in [0.25, 0.3) is 0 Å². The molecule has 0 unspecified atom stereocenters. The molecule has 0 bridgehead atoms. The number of fused-ring (bicyclic) bond motifs is 1. The van der Waals surface area contributed by atoms with Crippen LogP contribution in [0.3, 0.4) is 0 Å². The summed E-state index contributed by atoms with van der Waals surface area (Å²) in [4.78, 5) is 2.32. The molecule has 1 aromatic carbocycles. The maximum atomic E-state index is 5.93. The molecule has 0 amide bonds. The summed E-state index contributed by atoms with van der Waals surface area (Å²) < 4.78 is 5.93. The van der Waals surface area contributed by atoms with E-state index in [0.29, 0.717) is 0 Å². The van der Waals surface area contributed by atoms with Crippen LogP contribution in [-0.4, -0.2) is 38.2 Å². The van der Waals surface area contributed by atoms with Crippen LogP contribution in [0, 0.1) is 5.92 Å². The highest BCUT2D eigenvalue weighted by Crippen LogP contribution is 2.31. The lowest BCUT2D eigenvalue weighted by Gasteiger charge is -2.35. The molecule has 2 aliphatic heterocycles. The maximum absolute atomic E-state index is 5.93. The summed E-state index contributed by atoms with van der Waals surface area (Å²) in [5.74, 6) is 1.80. The summed E-state index contributed by atoms with van der Waals surface area (Å²) in [6.07, 6.45) is 1.09. The monoisotopic (exact) mass is 218 g/mol. The highest BCUT2D eigenvalue weighted by Gasteiger charge is 2.24. The first-order valence-corrected chi connectivity index (χ1v) is 6.00. The van der Waals surface area contributed by atoms with E-state index >= 15 is 0 Å². The SMILES string of the molecule is CN1CC(COc2cccc3c2CCN3)C1. The lowest BCUT2D eigenvalue weighted by Crippen LogP contribution is -2.46. The van der Waals surface area contributed by atoms with Gasteiger partial charge in [-0.15, -0.1) is 0 Å². The number of nitrogens with zero attached hydrogens (tertiary/aromatic N) is 1. The fourth-order valence-corrected chi connectivity index (χ4v) is 2.59. The van der Waals surface area contributed by atoms with Crippen LogP contribution >= 0.6 is 0 Å². The normalized spacial score (nSPS) is 20.1. The molecule has 0 spiro atoms. The molecule has 0 radical (unpaired) electrons. The molecule has 16 heavy (non-hydrogen) atoms. The Kier molecular flexibility index (Phi) is 2.48. The van der Waals surface area contributed by atoms with Gasteiger partial charge >= 0.3 is 0 Å². The number of likely N-dealkylation sites (tertiary alicyclic amines) is 1. The second-order valence-corrected chi connectivity index (χ2v) is 4.86. The Labute approximate surface area is 96.4 Å². The van der Waals surface area contributed by atoms with Gasteiger partial charge in [0.1, 0.15) is 5.75 Å². The topological polar surface area (TPSA) is 24.5 Å². The number of anilines is 1. The van der Waals surface area contributed by atoms with E-state index in [1.54, 1.807) is 0 Å². The third-order valence-corrected chi connectivity index (χ3v) is 3.44. The zero-order valence-corrected chi connectivity index (χ0v) is 9.70. The van der Waals surface area contributed by atoms with Crippen molar-refractivity contribution in [3.8, 4) is 5.75 Å². The molecule has 0 atom stereocenters. The van der Waals surface area contributed by atoms with E-state index in [4.69, 9.17) is 4.74 Å². The summed E-state index contributed by atoms with van der Waals surface area (Å²) in [7, 11) is 2.15. The van der Waals surface area contributed by atoms with Gasteiger partial charge < -0.3 is 15.0 Å². The zero-order chi connectivity index (χ0) is 11.0. The van der Waals surface area contributed by atoms with E-state index < -0.39 is 0 Å². The van der Waals surface area contributed by atoms with Crippen molar-refractivity contribution in [3.05, 3.63) is 23.8 Å². The Balaban J connectivity index is 1.64. The minimum atomic E-state index is 0.718. The van der Waals surface area contributed by atoms with Crippen LogP contribution in [0.2, 0.25) is 0 Å². The molecule has 1 saturated heterocycles. The van der Waals surface area contributed by atoms with Crippen molar-refractivity contribution in [1.82, 2.24) is 4.90 Å². The lowest BCUT2D eigenvalue weighted by atomic mass is 10.0. The van der Waals surface area contributed by atoms with Gasteiger partial charge in [0.2, 0.25) is 0 Å². The van der Waals surface area contributed by atoms with Crippen LogP contribution in [-0.2, 0) is 6.42 Å². The Morgan fingerprint density at radius 2 is 2.31 bits per heavy atom. The van der Waals surface area contributed by atoms with Crippen LogP contribution in [0.5, 0.6) is 5.75 Å². The van der Waals surface area contributed by atoms with Crippen molar-refractivity contribution >= 4 is 5.69 Å². The molecule has 0 saturated carbocycles. The number of hydrogen-bond acceptors (Lipinski definition) is 3. The molecular formula is C13H18N2O. The van der Waals surface area contributed by atoms with Crippen LogP contribution in [0.25, 0.3) is 0 Å². The van der Waals surface area contributed by atoms with Crippen LogP contribution in [0.1, 0.15) is 5.56 Å². The van der Waals surface area contributed by atoms with E-state index in [2.05, 4.69) is 35.5 Å². The highest BCUT2D eigenvalue weighted by molar-refractivity contribution is 5.61. The molecular weight excluding hydrogens is 200 g/mol. The van der Waals surface area contributed by atoms with Crippen molar-refractivity contribution in [2.75, 3.05) is 38.6 Å². The number of rotatable bonds is 3. The van der Waals surface area contributed by atoms with E-state index in [0.717, 1.165) is 31.2 Å². The van der Waals surface area contributed by atoms with Gasteiger partial charge in [-0.05, 0) is 25.6 Å². The second kappa shape index (κ2) is 3.98. The lowest BCUT2D eigenvalue weighted by molar-refractivity contribution is 0.0854. The molecule has 1 fully saturated rings. The average molecular weight is 218 g/mol. The average Bonchev–Trinajstić information content (AvgIpc) is 2.71. The molecule has 1 aromatic rings. The van der Waals surface area contributed by atoms with Crippen molar-refractivity contribution in [2.45, 2.75) is 6.42 Å². The fourth-order valence-electron chi connectivity index (χ4n) is 2.59. The molecule has 3 rings (SSSR count). The first kappa shape index (κ1) is 9.97. The number of hydrogen-bond donors (Lipinski definition) is 1. The number of nitrogens with one attached hydrogen (secondary N) is 1. The molecule has 86 valence electrons. The van der Waals surface area contributed by atoms with Gasteiger partial charge in [0.05, 0.1) is 6.61 Å². The molecule has 2 aliphatic rings. The van der Waals surface area contributed by atoms with Gasteiger partial charge in [-0.3, -0.25) is 0 Å². The van der Waals surface area contributed by atoms with Gasteiger partial charge in [0.15, 0.2) is 0 Å². The number of benzene rings is 1. The van der Waals surface area contributed by atoms with E-state index in [9.17, 15) is 0 Å². The van der Waals surface area contributed by atoms with Crippen LogP contribution < -0.4 is 10.1 Å². The maximum Gasteiger partial charge on any atom is 0.124 e. The highest BCUT2D eigenvalue weighted by atomic mass is 16.5. The van der Waals surface area contributed by atoms with Crippen LogP contribution in [0.15, 0.2) is 18.2 Å². The second-order valence-electron chi connectivity index (χ2n) is 4.86. The largest absolute Gasteiger partial charge is 0.493 e. The zero-order valence-electron chi connectivity index (χ0n) is 9.70. The fraction of sp³-hybridized carbons (Fsp3) is 0.538. The Morgan fingerprint density at radius 1 is 1.44 bits per heavy atom. The Hall–Kier alpha value is -1.22. The third kappa shape index (κ3) is 1.76. The van der Waals surface area contributed by atoms with Crippen molar-refractivity contribution in [3.63, 3.8) is 0 Å². The van der Waals surface area contributed by atoms with Crippen molar-refractivity contribution in [1.29, 1.82) is 0 Å². The molecule has 3 nitrogen and oxygen atoms in total. The quantitative estimate of drug-likeness (QED) is 0.834. The first-order valence-electron chi connectivity index (χ1n) is 6.00.